The third-order valence-corrected chi connectivity index (χ3v) is 6.55. The Labute approximate surface area is 183 Å². The molecule has 4 rings (SSSR count). The van der Waals surface area contributed by atoms with Crippen LogP contribution in [0.15, 0.2) is 28.7 Å². The van der Waals surface area contributed by atoms with Crippen LogP contribution in [0.5, 0.6) is 5.75 Å². The summed E-state index contributed by atoms with van der Waals surface area (Å²) in [4.78, 5) is 26.7. The maximum Gasteiger partial charge on any atom is 0.341 e. The highest BCUT2D eigenvalue weighted by Gasteiger charge is 2.27. The third kappa shape index (κ3) is 4.07. The number of methoxy groups -OCH3 is 1. The first-order valence-corrected chi connectivity index (χ1v) is 11.1. The first-order valence-electron chi connectivity index (χ1n) is 10.3. The molecule has 1 aliphatic rings. The molecule has 0 spiro atoms. The van der Waals surface area contributed by atoms with Crippen molar-refractivity contribution in [3.05, 3.63) is 51.4 Å². The Balaban J connectivity index is 1.72. The van der Waals surface area contributed by atoms with E-state index in [-0.39, 0.29) is 11.1 Å². The highest BCUT2D eigenvalue weighted by Crippen LogP contribution is 2.38. The van der Waals surface area contributed by atoms with Crippen molar-refractivity contribution in [1.82, 2.24) is 0 Å². The van der Waals surface area contributed by atoms with E-state index in [9.17, 15) is 9.59 Å². The summed E-state index contributed by atoms with van der Waals surface area (Å²) in [5.74, 6) is -0.431. The van der Waals surface area contributed by atoms with E-state index >= 15 is 0 Å². The monoisotopic (exact) mass is 440 g/mol. The summed E-state index contributed by atoms with van der Waals surface area (Å²) in [5, 5.41) is 12.2. The second kappa shape index (κ2) is 8.93. The summed E-state index contributed by atoms with van der Waals surface area (Å²) in [5.41, 5.74) is 1.64. The lowest BCUT2D eigenvalue weighted by atomic mass is 10.1. The molecule has 31 heavy (non-hydrogen) atoms. The van der Waals surface area contributed by atoms with Gasteiger partial charge in [-0.15, -0.1) is 11.3 Å². The molecule has 3 aromatic rings. The normalized spacial score (nSPS) is 13.4. The Morgan fingerprint density at radius 2 is 2.03 bits per heavy atom. The fourth-order valence-corrected chi connectivity index (χ4v) is 5.16. The summed E-state index contributed by atoms with van der Waals surface area (Å²) in [6.07, 6.45) is 4.86. The van der Waals surface area contributed by atoms with Gasteiger partial charge in [-0.3, -0.25) is 10.2 Å². The Hall–Kier alpha value is -3.13. The molecular formula is C23H24N2O5S. The van der Waals surface area contributed by atoms with Crippen LogP contribution >= 0.6 is 11.3 Å². The summed E-state index contributed by atoms with van der Waals surface area (Å²) >= 11 is 1.42. The molecule has 8 heteroatoms. The number of rotatable bonds is 5. The van der Waals surface area contributed by atoms with Crippen LogP contribution in [0.2, 0.25) is 0 Å². The smallest absolute Gasteiger partial charge is 0.341 e. The molecule has 1 aliphatic carbocycles. The Bertz CT molecular complexity index is 1210. The van der Waals surface area contributed by atoms with Crippen LogP contribution in [0.1, 0.15) is 57.3 Å². The number of ether oxygens (including phenoxy) is 2. The predicted octanol–water partition coefficient (Wildman–Crippen LogP) is 4.68. The van der Waals surface area contributed by atoms with Gasteiger partial charge in [0.1, 0.15) is 10.6 Å². The summed E-state index contributed by atoms with van der Waals surface area (Å²) < 4.78 is 16.2. The molecule has 7 nitrogen and oxygen atoms in total. The van der Waals surface area contributed by atoms with Crippen LogP contribution in [0.3, 0.4) is 0 Å². The number of fused-ring (bicyclic) bond motifs is 2. The maximum absolute atomic E-state index is 13.1. The molecule has 2 heterocycles. The SMILES string of the molecule is CCOc1cccc2cc(C(=O)Nc3sc4c(c3C(=O)OC)CCCCC4)c(=N)oc12. The predicted molar refractivity (Wildman–Crippen MR) is 118 cm³/mol. The number of carbonyl (C=O) groups is 2. The maximum atomic E-state index is 13.1. The zero-order chi connectivity index (χ0) is 22.0. The van der Waals surface area contributed by atoms with Crippen molar-refractivity contribution in [2.24, 2.45) is 0 Å². The lowest BCUT2D eigenvalue weighted by Crippen LogP contribution is -2.21. The average Bonchev–Trinajstić information content (AvgIpc) is 2.93. The quantitative estimate of drug-likeness (QED) is 0.443. The number of benzene rings is 1. The third-order valence-electron chi connectivity index (χ3n) is 5.34. The first-order chi connectivity index (χ1) is 15.0. The van der Waals surface area contributed by atoms with Crippen molar-refractivity contribution < 1.29 is 23.5 Å². The fourth-order valence-electron chi connectivity index (χ4n) is 3.89. The van der Waals surface area contributed by atoms with Crippen LogP contribution in [0.25, 0.3) is 11.0 Å². The van der Waals surface area contributed by atoms with E-state index in [1.165, 1.54) is 18.4 Å². The van der Waals surface area contributed by atoms with E-state index in [0.717, 1.165) is 42.5 Å². The van der Waals surface area contributed by atoms with E-state index < -0.39 is 11.9 Å². The number of hydrogen-bond donors (Lipinski definition) is 2. The van der Waals surface area contributed by atoms with E-state index in [1.54, 1.807) is 24.3 Å². The van der Waals surface area contributed by atoms with Crippen molar-refractivity contribution in [1.29, 1.82) is 5.41 Å². The number of esters is 1. The van der Waals surface area contributed by atoms with Gasteiger partial charge in [0.15, 0.2) is 11.3 Å². The molecule has 0 radical (unpaired) electrons. The van der Waals surface area contributed by atoms with Gasteiger partial charge in [0.2, 0.25) is 5.55 Å². The Morgan fingerprint density at radius 1 is 1.23 bits per heavy atom. The van der Waals surface area contributed by atoms with E-state index in [2.05, 4.69) is 5.32 Å². The van der Waals surface area contributed by atoms with E-state index in [1.807, 2.05) is 6.92 Å². The molecule has 0 atom stereocenters. The number of hydrogen-bond acceptors (Lipinski definition) is 7. The minimum absolute atomic E-state index is 0.0839. The second-order valence-corrected chi connectivity index (χ2v) is 8.42. The summed E-state index contributed by atoms with van der Waals surface area (Å²) in [6.45, 7) is 2.33. The number of para-hydroxylation sites is 1. The molecule has 1 aromatic carbocycles. The summed E-state index contributed by atoms with van der Waals surface area (Å²) in [6, 6.07) is 6.97. The molecule has 1 amide bonds. The van der Waals surface area contributed by atoms with Gasteiger partial charge in [0.05, 0.1) is 19.3 Å². The average molecular weight is 441 g/mol. The van der Waals surface area contributed by atoms with Crippen molar-refractivity contribution in [2.75, 3.05) is 19.0 Å². The topological polar surface area (TPSA) is 102 Å². The highest BCUT2D eigenvalue weighted by molar-refractivity contribution is 7.17. The Morgan fingerprint density at radius 3 is 2.81 bits per heavy atom. The van der Waals surface area contributed by atoms with Crippen LogP contribution < -0.4 is 15.6 Å². The Kier molecular flexibility index (Phi) is 6.08. The largest absolute Gasteiger partial charge is 0.490 e. The number of aryl methyl sites for hydroxylation is 1. The fraction of sp³-hybridized carbons (Fsp3) is 0.348. The van der Waals surface area contributed by atoms with Gasteiger partial charge in [-0.25, -0.2) is 4.79 Å². The van der Waals surface area contributed by atoms with Gasteiger partial charge >= 0.3 is 5.97 Å². The van der Waals surface area contributed by atoms with E-state index in [0.29, 0.717) is 33.9 Å². The zero-order valence-electron chi connectivity index (χ0n) is 17.5. The highest BCUT2D eigenvalue weighted by atomic mass is 32.1. The number of amides is 1. The number of anilines is 1. The second-order valence-electron chi connectivity index (χ2n) is 7.31. The number of thiophene rings is 1. The van der Waals surface area contributed by atoms with Crippen LogP contribution in [0, 0.1) is 5.41 Å². The van der Waals surface area contributed by atoms with Gasteiger partial charge in [-0.05, 0) is 50.3 Å². The lowest BCUT2D eigenvalue weighted by molar-refractivity contribution is 0.0601. The molecule has 2 N–H and O–H groups in total. The molecule has 0 bridgehead atoms. The van der Waals surface area contributed by atoms with Crippen LogP contribution in [-0.2, 0) is 17.6 Å². The summed E-state index contributed by atoms with van der Waals surface area (Å²) in [7, 11) is 1.34. The number of carbonyl (C=O) groups excluding carboxylic acids is 2. The molecule has 0 aliphatic heterocycles. The van der Waals surface area contributed by atoms with Crippen LogP contribution in [-0.4, -0.2) is 25.6 Å². The van der Waals surface area contributed by atoms with Crippen molar-refractivity contribution in [3.8, 4) is 5.75 Å². The molecular weight excluding hydrogens is 416 g/mol. The standard InChI is InChI=1S/C23H24N2O5S/c1-3-29-16-10-7-8-13-12-15(20(24)30-19(13)16)21(26)25-22-18(23(27)28-2)14-9-5-4-6-11-17(14)31-22/h7-8,10,12,24H,3-6,9,11H2,1-2H3,(H,25,26). The molecule has 0 fully saturated rings. The van der Waals surface area contributed by atoms with Gasteiger partial charge in [-0.1, -0.05) is 18.6 Å². The van der Waals surface area contributed by atoms with E-state index in [4.69, 9.17) is 19.3 Å². The molecule has 162 valence electrons. The van der Waals surface area contributed by atoms with Crippen LogP contribution in [0.4, 0.5) is 5.00 Å². The zero-order valence-corrected chi connectivity index (χ0v) is 18.3. The lowest BCUT2D eigenvalue weighted by Gasteiger charge is -2.09. The minimum atomic E-state index is -0.501. The van der Waals surface area contributed by atoms with Gasteiger partial charge in [-0.2, -0.15) is 0 Å². The minimum Gasteiger partial charge on any atom is -0.490 e. The number of nitrogens with one attached hydrogen (secondary N) is 2. The van der Waals surface area contributed by atoms with Crippen molar-refractivity contribution >= 4 is 39.2 Å². The van der Waals surface area contributed by atoms with Crippen molar-refractivity contribution in [2.45, 2.75) is 39.0 Å². The van der Waals surface area contributed by atoms with Gasteiger partial charge in [0.25, 0.3) is 5.91 Å². The van der Waals surface area contributed by atoms with Crippen molar-refractivity contribution in [3.63, 3.8) is 0 Å². The van der Waals surface area contributed by atoms with Gasteiger partial charge in [0, 0.05) is 10.3 Å². The molecule has 0 saturated carbocycles. The molecule has 2 aromatic heterocycles. The molecule has 0 unspecified atom stereocenters. The first kappa shape index (κ1) is 21.1. The van der Waals surface area contributed by atoms with Gasteiger partial charge < -0.3 is 19.2 Å². The molecule has 0 saturated heterocycles.